The van der Waals surface area contributed by atoms with Crippen molar-refractivity contribution in [2.45, 2.75) is 26.4 Å². The van der Waals surface area contributed by atoms with E-state index in [1.807, 2.05) is 12.3 Å². The third-order valence-electron chi connectivity index (χ3n) is 2.66. The van der Waals surface area contributed by atoms with Crippen molar-refractivity contribution >= 4 is 0 Å². The number of pyridine rings is 1. The van der Waals surface area contributed by atoms with Crippen LogP contribution in [0.2, 0.25) is 0 Å². The van der Waals surface area contributed by atoms with E-state index in [1.54, 1.807) is 6.20 Å². The molecule has 0 amide bonds. The number of rotatable bonds is 6. The first-order valence-corrected chi connectivity index (χ1v) is 6.13. The maximum atomic E-state index is 4.12. The lowest BCUT2D eigenvalue weighted by molar-refractivity contribution is 0.673. The minimum absolute atomic E-state index is 0.890. The van der Waals surface area contributed by atoms with Crippen molar-refractivity contribution in [3.05, 3.63) is 54.1 Å². The molecule has 0 aromatic carbocycles. The summed E-state index contributed by atoms with van der Waals surface area (Å²) in [7, 11) is 0. The van der Waals surface area contributed by atoms with Crippen LogP contribution in [0, 0.1) is 0 Å². The lowest BCUT2D eigenvalue weighted by Crippen LogP contribution is -2.13. The quantitative estimate of drug-likeness (QED) is 0.771. The average Bonchev–Trinajstić information content (AvgIpc) is 2.79. The molecule has 0 saturated carbocycles. The van der Waals surface area contributed by atoms with E-state index in [0.29, 0.717) is 0 Å². The lowest BCUT2D eigenvalue weighted by Gasteiger charge is -2.02. The first-order valence-electron chi connectivity index (χ1n) is 6.13. The average molecular weight is 229 g/mol. The highest BCUT2D eigenvalue weighted by atomic mass is 14.9. The van der Waals surface area contributed by atoms with Gasteiger partial charge in [-0.2, -0.15) is 0 Å². The summed E-state index contributed by atoms with van der Waals surface area (Å²) in [4.78, 5) is 4.12. The van der Waals surface area contributed by atoms with E-state index in [9.17, 15) is 0 Å². The number of hydrogen-bond donors (Lipinski definition) is 1. The van der Waals surface area contributed by atoms with Gasteiger partial charge in [0.05, 0.1) is 0 Å². The van der Waals surface area contributed by atoms with Gasteiger partial charge >= 0.3 is 0 Å². The van der Waals surface area contributed by atoms with Crippen LogP contribution in [0.3, 0.4) is 0 Å². The molecule has 1 N–H and O–H groups in total. The molecule has 3 nitrogen and oxygen atoms in total. The molecule has 2 aromatic heterocycles. The number of hydrogen-bond acceptors (Lipinski definition) is 2. The Hall–Kier alpha value is -1.61. The van der Waals surface area contributed by atoms with Crippen LogP contribution < -0.4 is 5.32 Å². The summed E-state index contributed by atoms with van der Waals surface area (Å²) in [6.45, 7) is 5.10. The van der Waals surface area contributed by atoms with Crippen molar-refractivity contribution in [2.75, 3.05) is 6.54 Å². The maximum absolute atomic E-state index is 4.12. The molecule has 2 aromatic rings. The van der Waals surface area contributed by atoms with Gasteiger partial charge in [0.1, 0.15) is 0 Å². The minimum Gasteiger partial charge on any atom is -0.350 e. The zero-order valence-corrected chi connectivity index (χ0v) is 10.3. The highest BCUT2D eigenvalue weighted by molar-refractivity contribution is 5.14. The van der Waals surface area contributed by atoms with E-state index in [4.69, 9.17) is 0 Å². The second-order valence-corrected chi connectivity index (χ2v) is 4.23. The largest absolute Gasteiger partial charge is 0.350 e. The van der Waals surface area contributed by atoms with Gasteiger partial charge in [0.25, 0.3) is 0 Å². The fourth-order valence-electron chi connectivity index (χ4n) is 1.81. The Balaban J connectivity index is 1.90. The van der Waals surface area contributed by atoms with Crippen LogP contribution >= 0.6 is 0 Å². The molecule has 0 aliphatic rings. The van der Waals surface area contributed by atoms with E-state index in [1.165, 1.54) is 17.5 Å². The molecular weight excluding hydrogens is 210 g/mol. The maximum Gasteiger partial charge on any atom is 0.0485 e. The number of nitrogens with one attached hydrogen (secondary N) is 1. The summed E-state index contributed by atoms with van der Waals surface area (Å²) in [5.74, 6) is 0. The Bertz CT molecular complexity index is 434. The summed E-state index contributed by atoms with van der Waals surface area (Å²) < 4.78 is 2.19. The predicted octanol–water partition coefficient (Wildman–Crippen LogP) is 2.43. The summed E-state index contributed by atoms with van der Waals surface area (Å²) >= 11 is 0. The van der Waals surface area contributed by atoms with Crippen molar-refractivity contribution in [1.29, 1.82) is 0 Å². The van der Waals surface area contributed by atoms with Gasteiger partial charge in [-0.3, -0.25) is 4.98 Å². The molecule has 0 aliphatic heterocycles. The molecule has 0 bridgehead atoms. The predicted molar refractivity (Wildman–Crippen MR) is 69.8 cm³/mol. The van der Waals surface area contributed by atoms with Crippen LogP contribution in [0.5, 0.6) is 0 Å². The van der Waals surface area contributed by atoms with Crippen LogP contribution in [0.1, 0.15) is 24.5 Å². The van der Waals surface area contributed by atoms with Gasteiger partial charge in [-0.05, 0) is 36.2 Å². The van der Waals surface area contributed by atoms with Crippen molar-refractivity contribution in [2.24, 2.45) is 0 Å². The van der Waals surface area contributed by atoms with Crippen LogP contribution in [-0.2, 0) is 13.1 Å². The molecule has 0 fully saturated rings. The first-order chi connectivity index (χ1) is 8.38. The van der Waals surface area contributed by atoms with E-state index in [0.717, 1.165) is 19.6 Å². The molecule has 3 heteroatoms. The van der Waals surface area contributed by atoms with E-state index in [-0.39, 0.29) is 0 Å². The Morgan fingerprint density at radius 3 is 3.00 bits per heavy atom. The summed E-state index contributed by atoms with van der Waals surface area (Å²) in [6, 6.07) is 6.24. The minimum atomic E-state index is 0.890. The van der Waals surface area contributed by atoms with Crippen LogP contribution in [-0.4, -0.2) is 16.1 Å². The van der Waals surface area contributed by atoms with Crippen molar-refractivity contribution < 1.29 is 0 Å². The van der Waals surface area contributed by atoms with E-state index >= 15 is 0 Å². The second kappa shape index (κ2) is 6.21. The van der Waals surface area contributed by atoms with Crippen molar-refractivity contribution in [1.82, 2.24) is 14.9 Å². The molecule has 17 heavy (non-hydrogen) atoms. The van der Waals surface area contributed by atoms with Gasteiger partial charge < -0.3 is 9.88 Å². The summed E-state index contributed by atoms with van der Waals surface area (Å²) in [5.41, 5.74) is 2.57. The monoisotopic (exact) mass is 229 g/mol. The highest BCUT2D eigenvalue weighted by Crippen LogP contribution is 2.05. The summed E-state index contributed by atoms with van der Waals surface area (Å²) in [5, 5.41) is 3.40. The molecular formula is C14H19N3. The number of aromatic nitrogens is 2. The molecule has 0 radical (unpaired) electrons. The molecule has 90 valence electrons. The fourth-order valence-corrected chi connectivity index (χ4v) is 1.81. The normalized spacial score (nSPS) is 10.6. The molecule has 0 saturated heterocycles. The van der Waals surface area contributed by atoms with Gasteiger partial charge in [-0.15, -0.1) is 0 Å². The summed E-state index contributed by atoms with van der Waals surface area (Å²) in [6.07, 6.45) is 9.20. The standard InChI is InChI=1S/C14H19N3/c1-2-6-15-10-14-5-8-17(12-14)11-13-4-3-7-16-9-13/h3-5,7-9,12,15H,2,6,10-11H2,1H3. The Morgan fingerprint density at radius 2 is 2.24 bits per heavy atom. The Morgan fingerprint density at radius 1 is 1.29 bits per heavy atom. The van der Waals surface area contributed by atoms with Crippen LogP contribution in [0.4, 0.5) is 0 Å². The Kier molecular flexibility index (Phi) is 4.33. The lowest BCUT2D eigenvalue weighted by atomic mass is 10.3. The van der Waals surface area contributed by atoms with Gasteiger partial charge in [-0.25, -0.2) is 0 Å². The zero-order valence-electron chi connectivity index (χ0n) is 10.3. The molecule has 0 unspecified atom stereocenters. The third-order valence-corrected chi connectivity index (χ3v) is 2.66. The second-order valence-electron chi connectivity index (χ2n) is 4.23. The van der Waals surface area contributed by atoms with Gasteiger partial charge in [0.2, 0.25) is 0 Å². The first kappa shape index (κ1) is 11.9. The van der Waals surface area contributed by atoms with Gasteiger partial charge in [0.15, 0.2) is 0 Å². The molecule has 0 spiro atoms. The topological polar surface area (TPSA) is 29.9 Å². The zero-order chi connectivity index (χ0) is 11.9. The fraction of sp³-hybridized carbons (Fsp3) is 0.357. The van der Waals surface area contributed by atoms with Crippen molar-refractivity contribution in [3.8, 4) is 0 Å². The Labute approximate surface area is 103 Å². The smallest absolute Gasteiger partial charge is 0.0485 e. The highest BCUT2D eigenvalue weighted by Gasteiger charge is 1.97. The number of nitrogens with zero attached hydrogens (tertiary/aromatic N) is 2. The van der Waals surface area contributed by atoms with Crippen molar-refractivity contribution in [3.63, 3.8) is 0 Å². The van der Waals surface area contributed by atoms with E-state index < -0.39 is 0 Å². The van der Waals surface area contributed by atoms with E-state index in [2.05, 4.69) is 46.3 Å². The van der Waals surface area contributed by atoms with Gasteiger partial charge in [0, 0.05) is 37.9 Å². The molecule has 2 heterocycles. The van der Waals surface area contributed by atoms with Gasteiger partial charge in [-0.1, -0.05) is 13.0 Å². The molecule has 2 rings (SSSR count). The van der Waals surface area contributed by atoms with Crippen LogP contribution in [0.25, 0.3) is 0 Å². The molecule has 0 atom stereocenters. The third kappa shape index (κ3) is 3.71. The molecule has 0 aliphatic carbocycles. The van der Waals surface area contributed by atoms with Crippen LogP contribution in [0.15, 0.2) is 43.0 Å². The SMILES string of the molecule is CCCNCc1ccn(Cc2cccnc2)c1.